The topological polar surface area (TPSA) is 54.5 Å². The van der Waals surface area contributed by atoms with E-state index in [2.05, 4.69) is 10.3 Å². The van der Waals surface area contributed by atoms with Gasteiger partial charge in [-0.1, -0.05) is 0 Å². The van der Waals surface area contributed by atoms with Gasteiger partial charge in [-0.2, -0.15) is 0 Å². The highest BCUT2D eigenvalue weighted by Crippen LogP contribution is 2.27. The number of hydrogen-bond acceptors (Lipinski definition) is 5. The minimum Gasteiger partial charge on any atom is -0.491 e. The first-order valence-electron chi connectivity index (χ1n) is 9.36. The molecule has 0 aliphatic carbocycles. The molecule has 2 unspecified atom stereocenters. The number of thiazole rings is 1. The summed E-state index contributed by atoms with van der Waals surface area (Å²) in [7, 11) is 0. The summed E-state index contributed by atoms with van der Waals surface area (Å²) in [6.07, 6.45) is 3.60. The molecule has 2 atom stereocenters. The number of rotatable bonds is 4. The van der Waals surface area contributed by atoms with Crippen molar-refractivity contribution in [3.63, 3.8) is 0 Å². The average molecular weight is 372 g/mol. The summed E-state index contributed by atoms with van der Waals surface area (Å²) in [5, 5.41) is 6.37. The van der Waals surface area contributed by atoms with Crippen molar-refractivity contribution in [2.24, 2.45) is 0 Å². The maximum atomic E-state index is 12.9. The first-order chi connectivity index (χ1) is 12.6. The summed E-state index contributed by atoms with van der Waals surface area (Å²) >= 11 is 1.52. The highest BCUT2D eigenvalue weighted by Gasteiger charge is 2.32. The summed E-state index contributed by atoms with van der Waals surface area (Å²) in [6, 6.07) is 8.93. The number of likely N-dealkylation sites (tertiary alicyclic amines) is 1. The quantitative estimate of drug-likeness (QED) is 0.893. The average Bonchev–Trinajstić information content (AvgIpc) is 3.21. The van der Waals surface area contributed by atoms with Crippen molar-refractivity contribution in [3.05, 3.63) is 35.3 Å². The smallest absolute Gasteiger partial charge is 0.273 e. The third kappa shape index (κ3) is 3.76. The number of amides is 1. The van der Waals surface area contributed by atoms with Crippen molar-refractivity contribution in [1.29, 1.82) is 0 Å². The largest absolute Gasteiger partial charge is 0.491 e. The van der Waals surface area contributed by atoms with Crippen LogP contribution in [0.5, 0.6) is 5.75 Å². The van der Waals surface area contributed by atoms with E-state index in [1.165, 1.54) is 24.2 Å². The van der Waals surface area contributed by atoms with Crippen LogP contribution in [0, 0.1) is 0 Å². The van der Waals surface area contributed by atoms with Crippen LogP contribution < -0.4 is 10.1 Å². The monoisotopic (exact) mass is 371 g/mol. The van der Waals surface area contributed by atoms with Crippen LogP contribution in [0.3, 0.4) is 0 Å². The van der Waals surface area contributed by atoms with E-state index in [4.69, 9.17) is 4.74 Å². The molecule has 0 spiro atoms. The maximum Gasteiger partial charge on any atom is 0.273 e. The van der Waals surface area contributed by atoms with Crippen LogP contribution in [0.4, 0.5) is 0 Å². The number of benzene rings is 1. The SMILES string of the molecule is CC(C)Oc1ccc(-c2nc(C(=O)N3CCC4CCC(C3)N4)cs2)cc1. The summed E-state index contributed by atoms with van der Waals surface area (Å²) in [5.41, 5.74) is 1.58. The summed E-state index contributed by atoms with van der Waals surface area (Å²) < 4.78 is 5.68. The molecule has 2 saturated heterocycles. The van der Waals surface area contributed by atoms with E-state index in [-0.39, 0.29) is 12.0 Å². The Morgan fingerprint density at radius 3 is 2.77 bits per heavy atom. The van der Waals surface area contributed by atoms with E-state index < -0.39 is 0 Å². The first-order valence-corrected chi connectivity index (χ1v) is 10.2. The molecule has 26 heavy (non-hydrogen) atoms. The molecule has 0 saturated carbocycles. The second-order valence-corrected chi connectivity index (χ2v) is 8.26. The normalized spacial score (nSPS) is 22.5. The summed E-state index contributed by atoms with van der Waals surface area (Å²) in [6.45, 7) is 5.64. The van der Waals surface area contributed by atoms with Gasteiger partial charge >= 0.3 is 0 Å². The summed E-state index contributed by atoms with van der Waals surface area (Å²) in [5.74, 6) is 0.908. The minimum atomic E-state index is 0.0570. The lowest BCUT2D eigenvalue weighted by atomic mass is 10.1. The lowest BCUT2D eigenvalue weighted by molar-refractivity contribution is 0.0743. The zero-order valence-electron chi connectivity index (χ0n) is 15.3. The third-order valence-corrected chi connectivity index (χ3v) is 5.90. The fourth-order valence-electron chi connectivity index (χ4n) is 3.74. The molecule has 2 bridgehead atoms. The van der Waals surface area contributed by atoms with Crippen molar-refractivity contribution in [2.45, 2.75) is 51.3 Å². The van der Waals surface area contributed by atoms with Crippen LogP contribution in [0.2, 0.25) is 0 Å². The Bertz CT molecular complexity index is 772. The van der Waals surface area contributed by atoms with Gasteiger partial charge in [0, 0.05) is 36.1 Å². The Kier molecular flexibility index (Phi) is 4.96. The highest BCUT2D eigenvalue weighted by molar-refractivity contribution is 7.13. The molecule has 2 fully saturated rings. The van der Waals surface area contributed by atoms with Gasteiger partial charge in [0.2, 0.25) is 0 Å². The number of nitrogens with one attached hydrogen (secondary N) is 1. The Labute approximate surface area is 158 Å². The summed E-state index contributed by atoms with van der Waals surface area (Å²) in [4.78, 5) is 19.4. The molecular formula is C20H25N3O2S. The molecule has 6 heteroatoms. The number of carbonyl (C=O) groups is 1. The van der Waals surface area contributed by atoms with Crippen molar-refractivity contribution in [2.75, 3.05) is 13.1 Å². The molecule has 0 radical (unpaired) electrons. The zero-order chi connectivity index (χ0) is 18.1. The molecule has 2 aliphatic heterocycles. The molecule has 1 N–H and O–H groups in total. The van der Waals surface area contributed by atoms with Gasteiger partial charge in [-0.05, 0) is 57.4 Å². The predicted octanol–water partition coefficient (Wildman–Crippen LogP) is 3.56. The molecule has 2 aliphatic rings. The number of nitrogens with zero attached hydrogens (tertiary/aromatic N) is 2. The Morgan fingerprint density at radius 2 is 2.00 bits per heavy atom. The van der Waals surface area contributed by atoms with Crippen LogP contribution in [-0.2, 0) is 0 Å². The second kappa shape index (κ2) is 7.37. The van der Waals surface area contributed by atoms with Crippen molar-refractivity contribution >= 4 is 17.2 Å². The molecule has 1 aromatic heterocycles. The third-order valence-electron chi connectivity index (χ3n) is 5.01. The van der Waals surface area contributed by atoms with Gasteiger partial charge in [0.05, 0.1) is 6.10 Å². The van der Waals surface area contributed by atoms with Gasteiger partial charge in [0.25, 0.3) is 5.91 Å². The second-order valence-electron chi connectivity index (χ2n) is 7.41. The molecule has 2 aromatic rings. The van der Waals surface area contributed by atoms with Crippen LogP contribution in [-0.4, -0.2) is 47.1 Å². The van der Waals surface area contributed by atoms with E-state index in [9.17, 15) is 4.79 Å². The van der Waals surface area contributed by atoms with Gasteiger partial charge < -0.3 is 15.0 Å². The fraction of sp³-hybridized carbons (Fsp3) is 0.500. The number of fused-ring (bicyclic) bond motifs is 2. The first kappa shape index (κ1) is 17.5. The molecule has 4 rings (SSSR count). The Morgan fingerprint density at radius 1 is 1.23 bits per heavy atom. The van der Waals surface area contributed by atoms with Crippen molar-refractivity contribution < 1.29 is 9.53 Å². The van der Waals surface area contributed by atoms with Crippen molar-refractivity contribution in [3.8, 4) is 16.3 Å². The van der Waals surface area contributed by atoms with E-state index in [0.29, 0.717) is 17.8 Å². The zero-order valence-corrected chi connectivity index (χ0v) is 16.1. The minimum absolute atomic E-state index is 0.0570. The van der Waals surface area contributed by atoms with E-state index >= 15 is 0 Å². The molecule has 3 heterocycles. The molecule has 1 aromatic carbocycles. The highest BCUT2D eigenvalue weighted by atomic mass is 32.1. The van der Waals surface area contributed by atoms with E-state index in [1.807, 2.05) is 48.4 Å². The molecule has 138 valence electrons. The number of hydrogen-bond donors (Lipinski definition) is 1. The van der Waals surface area contributed by atoms with Gasteiger partial charge in [-0.3, -0.25) is 4.79 Å². The number of ether oxygens (including phenoxy) is 1. The predicted molar refractivity (Wildman–Crippen MR) is 104 cm³/mol. The van der Waals surface area contributed by atoms with E-state index in [0.717, 1.165) is 35.8 Å². The van der Waals surface area contributed by atoms with Crippen LogP contribution in [0.1, 0.15) is 43.6 Å². The van der Waals surface area contributed by atoms with Gasteiger partial charge in [0.1, 0.15) is 16.5 Å². The lowest BCUT2D eigenvalue weighted by Gasteiger charge is -2.23. The Balaban J connectivity index is 1.46. The molecule has 5 nitrogen and oxygen atoms in total. The van der Waals surface area contributed by atoms with Gasteiger partial charge in [-0.15, -0.1) is 11.3 Å². The van der Waals surface area contributed by atoms with Gasteiger partial charge in [-0.25, -0.2) is 4.98 Å². The van der Waals surface area contributed by atoms with Crippen molar-refractivity contribution in [1.82, 2.24) is 15.2 Å². The van der Waals surface area contributed by atoms with E-state index in [1.54, 1.807) is 0 Å². The fourth-order valence-corrected chi connectivity index (χ4v) is 4.54. The van der Waals surface area contributed by atoms with Gasteiger partial charge in [0.15, 0.2) is 0 Å². The van der Waals surface area contributed by atoms with Crippen LogP contribution >= 0.6 is 11.3 Å². The van der Waals surface area contributed by atoms with Crippen LogP contribution in [0.15, 0.2) is 29.6 Å². The van der Waals surface area contributed by atoms with Crippen LogP contribution in [0.25, 0.3) is 10.6 Å². The number of carbonyl (C=O) groups excluding carboxylic acids is 1. The molecular weight excluding hydrogens is 346 g/mol. The molecule has 1 amide bonds. The lowest BCUT2D eigenvalue weighted by Crippen LogP contribution is -2.39. The number of aromatic nitrogens is 1. The Hall–Kier alpha value is -1.92. The maximum absolute atomic E-state index is 12.9. The standard InChI is InChI=1S/C20H25N3O2S/c1-13(2)25-17-7-3-14(4-8-17)19-22-18(12-26-19)20(24)23-10-9-15-5-6-16(11-23)21-15/h3-4,7-8,12-13,15-16,21H,5-6,9-11H2,1-2H3.